The fourth-order valence-corrected chi connectivity index (χ4v) is 2.52. The molecule has 1 aliphatic rings. The van der Waals surface area contributed by atoms with Crippen LogP contribution in [0.3, 0.4) is 0 Å². The summed E-state index contributed by atoms with van der Waals surface area (Å²) < 4.78 is 13.0. The van der Waals surface area contributed by atoms with Crippen molar-refractivity contribution in [3.05, 3.63) is 23.4 Å². The van der Waals surface area contributed by atoms with E-state index in [1.165, 1.54) is 11.3 Å². The molecule has 0 fully saturated rings. The van der Waals surface area contributed by atoms with Crippen molar-refractivity contribution >= 4 is 10.9 Å². The van der Waals surface area contributed by atoms with Gasteiger partial charge in [0.15, 0.2) is 11.5 Å². The predicted molar refractivity (Wildman–Crippen MR) is 67.7 cm³/mol. The fraction of sp³-hybridized carbons (Fsp3) is 0.357. The Hall–Kier alpha value is -2.15. The minimum atomic E-state index is 0.290. The number of nitrogens with zero attached hydrogens (tertiary/aromatic N) is 2. The minimum absolute atomic E-state index is 0.290. The van der Waals surface area contributed by atoms with Crippen molar-refractivity contribution in [2.45, 2.75) is 19.8 Å². The van der Waals surface area contributed by atoms with Crippen molar-refractivity contribution in [1.29, 1.82) is 5.26 Å². The van der Waals surface area contributed by atoms with Crippen LogP contribution in [0.25, 0.3) is 10.9 Å². The number of ether oxygens (including phenoxy) is 2. The van der Waals surface area contributed by atoms with Crippen molar-refractivity contribution in [3.8, 4) is 17.6 Å². The second-order valence-electron chi connectivity index (χ2n) is 4.50. The molecule has 0 amide bonds. The van der Waals surface area contributed by atoms with E-state index in [1.54, 1.807) is 0 Å². The molecule has 4 nitrogen and oxygen atoms in total. The largest absolute Gasteiger partial charge is 0.454 e. The van der Waals surface area contributed by atoms with E-state index in [1.807, 2.05) is 19.2 Å². The summed E-state index contributed by atoms with van der Waals surface area (Å²) >= 11 is 0. The summed E-state index contributed by atoms with van der Waals surface area (Å²) in [5, 5.41) is 9.91. The van der Waals surface area contributed by atoms with Gasteiger partial charge < -0.3 is 14.0 Å². The highest BCUT2D eigenvalue weighted by atomic mass is 16.7. The van der Waals surface area contributed by atoms with Gasteiger partial charge >= 0.3 is 0 Å². The molecular formula is C14H14N2O2. The molecule has 0 spiro atoms. The summed E-state index contributed by atoms with van der Waals surface area (Å²) in [6, 6.07) is 6.24. The van der Waals surface area contributed by atoms with Crippen LogP contribution in [-0.4, -0.2) is 11.4 Å². The highest BCUT2D eigenvalue weighted by molar-refractivity contribution is 5.89. The zero-order valence-corrected chi connectivity index (χ0v) is 10.5. The Morgan fingerprint density at radius 3 is 2.78 bits per heavy atom. The van der Waals surface area contributed by atoms with Crippen LogP contribution < -0.4 is 9.47 Å². The van der Waals surface area contributed by atoms with Crippen LogP contribution in [0.1, 0.15) is 17.7 Å². The smallest absolute Gasteiger partial charge is 0.231 e. The highest BCUT2D eigenvalue weighted by Gasteiger charge is 2.19. The lowest BCUT2D eigenvalue weighted by Gasteiger charge is -2.00. The molecule has 3 rings (SSSR count). The molecule has 0 unspecified atom stereocenters. The van der Waals surface area contributed by atoms with E-state index >= 15 is 0 Å². The number of aryl methyl sites for hydroxylation is 2. The van der Waals surface area contributed by atoms with Crippen LogP contribution >= 0.6 is 0 Å². The molecule has 1 aromatic carbocycles. The maximum absolute atomic E-state index is 8.75. The summed E-state index contributed by atoms with van der Waals surface area (Å²) in [6.45, 7) is 2.37. The zero-order valence-electron chi connectivity index (χ0n) is 10.5. The molecule has 18 heavy (non-hydrogen) atoms. The fourth-order valence-electron chi connectivity index (χ4n) is 2.52. The monoisotopic (exact) mass is 242 g/mol. The van der Waals surface area contributed by atoms with Gasteiger partial charge in [-0.2, -0.15) is 5.26 Å². The maximum Gasteiger partial charge on any atom is 0.231 e. The zero-order chi connectivity index (χ0) is 12.7. The topological polar surface area (TPSA) is 47.2 Å². The molecule has 0 radical (unpaired) electrons. The van der Waals surface area contributed by atoms with Crippen molar-refractivity contribution in [2.24, 2.45) is 7.05 Å². The third-order valence-electron chi connectivity index (χ3n) is 3.60. The van der Waals surface area contributed by atoms with Gasteiger partial charge in [-0.3, -0.25) is 0 Å². The minimum Gasteiger partial charge on any atom is -0.454 e. The van der Waals surface area contributed by atoms with Crippen LogP contribution in [0, 0.1) is 18.3 Å². The first-order valence-electron chi connectivity index (χ1n) is 5.97. The molecule has 0 saturated heterocycles. The number of fused-ring (bicyclic) bond motifs is 2. The molecule has 2 aromatic rings. The lowest BCUT2D eigenvalue weighted by Crippen LogP contribution is -1.94. The van der Waals surface area contributed by atoms with E-state index in [9.17, 15) is 0 Å². The van der Waals surface area contributed by atoms with E-state index in [2.05, 4.69) is 17.6 Å². The quantitative estimate of drug-likeness (QED) is 0.813. The Morgan fingerprint density at radius 2 is 2.06 bits per heavy atom. The molecule has 92 valence electrons. The van der Waals surface area contributed by atoms with E-state index in [0.29, 0.717) is 6.42 Å². The van der Waals surface area contributed by atoms with Gasteiger partial charge in [-0.15, -0.1) is 0 Å². The van der Waals surface area contributed by atoms with E-state index in [0.717, 1.165) is 28.8 Å². The van der Waals surface area contributed by atoms with Gasteiger partial charge in [-0.25, -0.2) is 0 Å². The van der Waals surface area contributed by atoms with Crippen LogP contribution in [-0.2, 0) is 13.5 Å². The predicted octanol–water partition coefficient (Wildman–Crippen LogP) is 2.67. The number of hydrogen-bond donors (Lipinski definition) is 0. The summed E-state index contributed by atoms with van der Waals surface area (Å²) in [5.74, 6) is 1.60. The average Bonchev–Trinajstić information content (AvgIpc) is 2.91. The van der Waals surface area contributed by atoms with Gasteiger partial charge in [-0.1, -0.05) is 0 Å². The van der Waals surface area contributed by atoms with Crippen molar-refractivity contribution < 1.29 is 9.47 Å². The number of hydrogen-bond acceptors (Lipinski definition) is 3. The number of rotatable bonds is 2. The molecule has 4 heteroatoms. The molecule has 0 atom stereocenters. The lowest BCUT2D eigenvalue weighted by atomic mass is 10.1. The van der Waals surface area contributed by atoms with Gasteiger partial charge in [0.1, 0.15) is 0 Å². The van der Waals surface area contributed by atoms with E-state index < -0.39 is 0 Å². The number of benzene rings is 1. The van der Waals surface area contributed by atoms with Crippen LogP contribution in [0.15, 0.2) is 12.1 Å². The standard InChI is InChI=1S/C14H14N2O2/c1-9-10(4-3-5-15)11-6-13-14(18-8-17-13)7-12(11)16(9)2/h6-7H,3-4,8H2,1-2H3. The first-order chi connectivity index (χ1) is 8.72. The third kappa shape index (κ3) is 1.44. The molecule has 2 heterocycles. The Balaban J connectivity index is 2.23. The Bertz CT molecular complexity index is 665. The van der Waals surface area contributed by atoms with Crippen molar-refractivity contribution in [3.63, 3.8) is 0 Å². The van der Waals surface area contributed by atoms with E-state index in [4.69, 9.17) is 14.7 Å². The molecule has 1 aromatic heterocycles. The second-order valence-corrected chi connectivity index (χ2v) is 4.50. The Labute approximate surface area is 105 Å². The van der Waals surface area contributed by atoms with Crippen molar-refractivity contribution in [2.75, 3.05) is 6.79 Å². The first-order valence-corrected chi connectivity index (χ1v) is 5.97. The third-order valence-corrected chi connectivity index (χ3v) is 3.60. The van der Waals surface area contributed by atoms with Gasteiger partial charge in [0.25, 0.3) is 0 Å². The Kier molecular flexibility index (Phi) is 2.41. The van der Waals surface area contributed by atoms with Crippen LogP contribution in [0.5, 0.6) is 11.5 Å². The first kappa shape index (κ1) is 11.0. The van der Waals surface area contributed by atoms with Gasteiger partial charge in [0.05, 0.1) is 11.6 Å². The SMILES string of the molecule is Cc1c(CCC#N)c2cc3c(cc2n1C)OCO3. The summed E-state index contributed by atoms with van der Waals surface area (Å²) in [6.07, 6.45) is 1.31. The van der Waals surface area contributed by atoms with Crippen LogP contribution in [0.2, 0.25) is 0 Å². The molecule has 0 aliphatic carbocycles. The molecule has 0 N–H and O–H groups in total. The maximum atomic E-state index is 8.75. The summed E-state index contributed by atoms with van der Waals surface area (Å²) in [7, 11) is 2.04. The van der Waals surface area contributed by atoms with E-state index in [-0.39, 0.29) is 6.79 Å². The highest BCUT2D eigenvalue weighted by Crippen LogP contribution is 2.39. The normalized spacial score (nSPS) is 12.9. The lowest BCUT2D eigenvalue weighted by molar-refractivity contribution is 0.174. The van der Waals surface area contributed by atoms with Gasteiger partial charge in [0.2, 0.25) is 6.79 Å². The summed E-state index contributed by atoms with van der Waals surface area (Å²) in [5.41, 5.74) is 3.56. The number of nitriles is 1. The van der Waals surface area contributed by atoms with Gasteiger partial charge in [-0.05, 0) is 25.0 Å². The second kappa shape index (κ2) is 3.95. The van der Waals surface area contributed by atoms with Crippen LogP contribution in [0.4, 0.5) is 0 Å². The molecular weight excluding hydrogens is 228 g/mol. The van der Waals surface area contributed by atoms with Crippen molar-refractivity contribution in [1.82, 2.24) is 4.57 Å². The summed E-state index contributed by atoms with van der Waals surface area (Å²) in [4.78, 5) is 0. The van der Waals surface area contributed by atoms with Gasteiger partial charge in [0, 0.05) is 30.6 Å². The Morgan fingerprint density at radius 1 is 1.33 bits per heavy atom. The molecule has 1 aliphatic heterocycles. The molecule has 0 bridgehead atoms. The average molecular weight is 242 g/mol. The molecule has 0 saturated carbocycles. The number of aromatic nitrogens is 1.